The minimum atomic E-state index is -0.563. The Labute approximate surface area is 130 Å². The highest BCUT2D eigenvalue weighted by Gasteiger charge is 2.28. The molecule has 1 heterocycles. The van der Waals surface area contributed by atoms with E-state index in [1.165, 1.54) is 24.7 Å². The molecule has 2 unspecified atom stereocenters. The van der Waals surface area contributed by atoms with Crippen molar-refractivity contribution < 1.29 is 14.2 Å². The van der Waals surface area contributed by atoms with Crippen LogP contribution in [0.5, 0.6) is 0 Å². The summed E-state index contributed by atoms with van der Waals surface area (Å²) in [5.74, 6) is 0.961. The molecule has 2 atom stereocenters. The monoisotopic (exact) mass is 313 g/mol. The number of hydrogen-bond acceptors (Lipinski definition) is 4. The second-order valence-electron chi connectivity index (χ2n) is 5.79. The van der Waals surface area contributed by atoms with Gasteiger partial charge in [0.05, 0.1) is 19.3 Å². The van der Waals surface area contributed by atoms with Crippen LogP contribution in [0.25, 0.3) is 0 Å². The maximum Gasteiger partial charge on any atom is 0.128 e. The molecule has 1 aromatic carbocycles. The van der Waals surface area contributed by atoms with E-state index in [4.69, 9.17) is 4.74 Å². The number of aliphatic hydroxyl groups excluding tert-OH is 1. The molecule has 1 aromatic rings. The van der Waals surface area contributed by atoms with Crippen LogP contribution in [0.3, 0.4) is 0 Å². The number of aliphatic hydroxyl groups is 1. The summed E-state index contributed by atoms with van der Waals surface area (Å²) in [6.07, 6.45) is 1.94. The zero-order valence-corrected chi connectivity index (χ0v) is 13.3. The van der Waals surface area contributed by atoms with Crippen molar-refractivity contribution in [2.24, 2.45) is 0 Å². The van der Waals surface area contributed by atoms with Crippen LogP contribution in [0.4, 0.5) is 4.39 Å². The molecule has 1 aliphatic heterocycles. The number of halogens is 1. The molecule has 1 aliphatic rings. The van der Waals surface area contributed by atoms with E-state index in [-0.39, 0.29) is 19.0 Å². The van der Waals surface area contributed by atoms with Crippen LogP contribution in [0.2, 0.25) is 0 Å². The Morgan fingerprint density at radius 3 is 3.00 bits per heavy atom. The lowest BCUT2D eigenvalue weighted by Crippen LogP contribution is -2.38. The topological polar surface area (TPSA) is 41.5 Å². The number of ether oxygens (including phenoxy) is 1. The van der Waals surface area contributed by atoms with Crippen molar-refractivity contribution in [1.29, 1.82) is 0 Å². The number of thioether (sulfide) groups is 1. The van der Waals surface area contributed by atoms with E-state index in [0.717, 1.165) is 6.54 Å². The van der Waals surface area contributed by atoms with E-state index < -0.39 is 6.10 Å². The van der Waals surface area contributed by atoms with Crippen LogP contribution in [-0.4, -0.2) is 41.4 Å². The molecule has 0 saturated carbocycles. The van der Waals surface area contributed by atoms with Gasteiger partial charge in [0.25, 0.3) is 0 Å². The van der Waals surface area contributed by atoms with Crippen molar-refractivity contribution in [2.45, 2.75) is 37.2 Å². The van der Waals surface area contributed by atoms with Gasteiger partial charge in [0.15, 0.2) is 0 Å². The second-order valence-corrected chi connectivity index (χ2v) is 7.48. The summed E-state index contributed by atoms with van der Waals surface area (Å²) >= 11 is 2.00. The van der Waals surface area contributed by atoms with Gasteiger partial charge in [-0.05, 0) is 31.6 Å². The minimum Gasteiger partial charge on any atom is -0.389 e. The zero-order valence-electron chi connectivity index (χ0n) is 12.5. The van der Waals surface area contributed by atoms with Gasteiger partial charge in [0.1, 0.15) is 5.82 Å². The molecule has 118 valence electrons. The van der Waals surface area contributed by atoms with Crippen molar-refractivity contribution >= 4 is 11.8 Å². The summed E-state index contributed by atoms with van der Waals surface area (Å²) in [5, 5.41) is 13.2. The highest BCUT2D eigenvalue weighted by atomic mass is 32.2. The van der Waals surface area contributed by atoms with Crippen molar-refractivity contribution in [1.82, 2.24) is 5.32 Å². The average Bonchev–Trinajstić information content (AvgIpc) is 2.88. The quantitative estimate of drug-likeness (QED) is 0.774. The third-order valence-electron chi connectivity index (χ3n) is 3.71. The fourth-order valence-corrected chi connectivity index (χ4v) is 3.73. The lowest BCUT2D eigenvalue weighted by atomic mass is 10.1. The van der Waals surface area contributed by atoms with Crippen LogP contribution in [0.1, 0.15) is 25.3 Å². The maximum absolute atomic E-state index is 13.4. The molecule has 1 fully saturated rings. The van der Waals surface area contributed by atoms with Crippen LogP contribution >= 0.6 is 11.8 Å². The lowest BCUT2D eigenvalue weighted by molar-refractivity contribution is 0.0277. The van der Waals surface area contributed by atoms with Crippen LogP contribution in [0, 0.1) is 5.82 Å². The Bertz CT molecular complexity index is 438. The Hall–Kier alpha value is -0.620. The molecule has 0 aromatic heterocycles. The van der Waals surface area contributed by atoms with Gasteiger partial charge in [-0.25, -0.2) is 4.39 Å². The van der Waals surface area contributed by atoms with Gasteiger partial charge >= 0.3 is 0 Å². The van der Waals surface area contributed by atoms with Gasteiger partial charge in [-0.3, -0.25) is 0 Å². The predicted octanol–water partition coefficient (Wildman–Crippen LogP) is 2.58. The fourth-order valence-electron chi connectivity index (χ4n) is 2.46. The maximum atomic E-state index is 13.4. The van der Waals surface area contributed by atoms with Gasteiger partial charge in [-0.15, -0.1) is 0 Å². The van der Waals surface area contributed by atoms with E-state index in [1.807, 2.05) is 11.8 Å². The van der Waals surface area contributed by atoms with E-state index >= 15 is 0 Å². The number of nitrogens with one attached hydrogen (secondary N) is 1. The van der Waals surface area contributed by atoms with E-state index in [9.17, 15) is 9.50 Å². The Morgan fingerprint density at radius 1 is 1.48 bits per heavy atom. The molecule has 3 nitrogen and oxygen atoms in total. The zero-order chi connectivity index (χ0) is 15.1. The summed E-state index contributed by atoms with van der Waals surface area (Å²) in [7, 11) is 0. The summed E-state index contributed by atoms with van der Waals surface area (Å²) in [5.41, 5.74) is 0.521. The molecule has 21 heavy (non-hydrogen) atoms. The van der Waals surface area contributed by atoms with Crippen LogP contribution < -0.4 is 5.32 Å². The molecule has 5 heteroatoms. The molecule has 0 spiro atoms. The molecule has 0 amide bonds. The van der Waals surface area contributed by atoms with Gasteiger partial charge in [-0.2, -0.15) is 11.8 Å². The summed E-state index contributed by atoms with van der Waals surface area (Å²) in [6, 6.07) is 6.54. The number of hydrogen-bond donors (Lipinski definition) is 2. The SMILES string of the molecule is CC1(CNCC(O)COCc2ccccc2F)CCCS1. The van der Waals surface area contributed by atoms with Gasteiger partial charge in [0, 0.05) is 23.4 Å². The second kappa shape index (κ2) is 8.13. The summed E-state index contributed by atoms with van der Waals surface area (Å²) < 4.78 is 19.0. The smallest absolute Gasteiger partial charge is 0.128 e. The third kappa shape index (κ3) is 5.58. The van der Waals surface area contributed by atoms with Crippen molar-refractivity contribution in [2.75, 3.05) is 25.4 Å². The summed E-state index contributed by atoms with van der Waals surface area (Å²) in [6.45, 7) is 4.08. The highest BCUT2D eigenvalue weighted by molar-refractivity contribution is 8.00. The fraction of sp³-hybridized carbons (Fsp3) is 0.625. The molecule has 2 N–H and O–H groups in total. The van der Waals surface area contributed by atoms with Crippen LogP contribution in [-0.2, 0) is 11.3 Å². The molecule has 0 bridgehead atoms. The molecular weight excluding hydrogens is 289 g/mol. The van der Waals surface area contributed by atoms with Gasteiger partial charge < -0.3 is 15.2 Å². The highest BCUT2D eigenvalue weighted by Crippen LogP contribution is 2.36. The van der Waals surface area contributed by atoms with Crippen molar-refractivity contribution in [3.8, 4) is 0 Å². The first-order valence-electron chi connectivity index (χ1n) is 7.43. The van der Waals surface area contributed by atoms with Crippen molar-refractivity contribution in [3.05, 3.63) is 35.6 Å². The number of rotatable bonds is 8. The van der Waals surface area contributed by atoms with Crippen LogP contribution in [0.15, 0.2) is 24.3 Å². The van der Waals surface area contributed by atoms with E-state index in [0.29, 0.717) is 16.9 Å². The Morgan fingerprint density at radius 2 is 2.29 bits per heavy atom. The normalized spacial score (nSPS) is 23.4. The largest absolute Gasteiger partial charge is 0.389 e. The molecular formula is C16H24FNO2S. The summed E-state index contributed by atoms with van der Waals surface area (Å²) in [4.78, 5) is 0. The minimum absolute atomic E-state index is 0.192. The van der Waals surface area contributed by atoms with Gasteiger partial charge in [-0.1, -0.05) is 18.2 Å². The number of benzene rings is 1. The average molecular weight is 313 g/mol. The Kier molecular flexibility index (Phi) is 6.48. The standard InChI is InChI=1S/C16H24FNO2S/c1-16(7-4-8-21-16)12-18-9-14(19)11-20-10-13-5-2-3-6-15(13)17/h2-3,5-6,14,18-19H,4,7-12H2,1H3. The first-order valence-corrected chi connectivity index (χ1v) is 8.41. The van der Waals surface area contributed by atoms with E-state index in [2.05, 4.69) is 12.2 Å². The molecule has 1 saturated heterocycles. The molecule has 0 radical (unpaired) electrons. The van der Waals surface area contributed by atoms with Gasteiger partial charge in [0.2, 0.25) is 0 Å². The van der Waals surface area contributed by atoms with Crippen molar-refractivity contribution in [3.63, 3.8) is 0 Å². The lowest BCUT2D eigenvalue weighted by Gasteiger charge is -2.24. The predicted molar refractivity (Wildman–Crippen MR) is 85.0 cm³/mol. The Balaban J connectivity index is 1.59. The first kappa shape index (κ1) is 16.7. The molecule has 0 aliphatic carbocycles. The molecule has 2 rings (SSSR count). The first-order chi connectivity index (χ1) is 10.1. The third-order valence-corrected chi connectivity index (χ3v) is 5.24. The van der Waals surface area contributed by atoms with E-state index in [1.54, 1.807) is 18.2 Å².